The van der Waals surface area contributed by atoms with Crippen molar-refractivity contribution in [2.75, 3.05) is 18.8 Å². The summed E-state index contributed by atoms with van der Waals surface area (Å²) in [7, 11) is -3.18. The average Bonchev–Trinajstić information content (AvgIpc) is 2.79. The van der Waals surface area contributed by atoms with E-state index in [1.807, 2.05) is 19.2 Å². The molecule has 0 radical (unpaired) electrons. The maximum absolute atomic E-state index is 12.7. The first-order chi connectivity index (χ1) is 14.8. The van der Waals surface area contributed by atoms with E-state index in [9.17, 15) is 8.42 Å². The molecule has 2 heterocycles. The third-order valence-electron chi connectivity index (χ3n) is 6.54. The lowest BCUT2D eigenvalue weighted by Crippen LogP contribution is -2.40. The number of hydrogen-bond acceptors (Lipinski definition) is 3. The number of aryl methyl sites for hydroxylation is 2. The molecule has 8 heteroatoms. The van der Waals surface area contributed by atoms with Gasteiger partial charge in [0.25, 0.3) is 0 Å². The second-order valence-electron chi connectivity index (χ2n) is 8.59. The molecular weight excluding hydrogens is 564 g/mol. The fraction of sp³-hybridized carbons (Fsp3) is 0.522. The van der Waals surface area contributed by atoms with Gasteiger partial charge in [0.15, 0.2) is 0 Å². The molecule has 4 rings (SSSR count). The van der Waals surface area contributed by atoms with Crippen LogP contribution in [0.4, 0.5) is 0 Å². The molecule has 1 fully saturated rings. The molecule has 168 valence electrons. The van der Waals surface area contributed by atoms with E-state index >= 15 is 0 Å². The van der Waals surface area contributed by atoms with E-state index in [1.54, 1.807) is 4.31 Å². The molecule has 0 N–H and O–H groups in total. The Bertz CT molecular complexity index is 1080. The number of nitrogens with zero attached hydrogens (tertiary/aromatic N) is 2. The SMILES string of the molecule is CCCS(=O)(=O)N1CCCC2(CCC1)c1ncc(Br)cc1CCc1cc(Cl)cc(Br)c12. The third kappa shape index (κ3) is 4.63. The Balaban J connectivity index is 1.80. The lowest BCUT2D eigenvalue weighted by Gasteiger charge is -2.39. The van der Waals surface area contributed by atoms with Crippen molar-refractivity contribution in [3.05, 3.63) is 60.7 Å². The standard InChI is InChI=1S/C23H27Br2ClN2O2S/c1-2-11-31(29,30)28-9-3-7-23(8-4-10-28)21-16(13-19(26)14-20(21)25)5-6-17-12-18(24)15-27-22(17)23/h12-15H,2-11H2,1H3. The Morgan fingerprint density at radius 2 is 1.77 bits per heavy atom. The van der Waals surface area contributed by atoms with E-state index in [1.165, 1.54) is 16.7 Å². The highest BCUT2D eigenvalue weighted by molar-refractivity contribution is 9.10. The summed E-state index contributed by atoms with van der Waals surface area (Å²) in [6.45, 7) is 3.05. The lowest BCUT2D eigenvalue weighted by atomic mass is 9.68. The monoisotopic (exact) mass is 588 g/mol. The molecule has 1 spiro atoms. The summed E-state index contributed by atoms with van der Waals surface area (Å²) in [4.78, 5) is 4.96. The lowest BCUT2D eigenvalue weighted by molar-refractivity contribution is 0.300. The molecule has 1 aromatic heterocycles. The zero-order valence-electron chi connectivity index (χ0n) is 17.6. The van der Waals surface area contributed by atoms with Crippen LogP contribution in [0.3, 0.4) is 0 Å². The first kappa shape index (κ1) is 23.7. The fourth-order valence-electron chi connectivity index (χ4n) is 5.35. The predicted octanol–water partition coefficient (Wildman–Crippen LogP) is 6.26. The second-order valence-corrected chi connectivity index (χ2v) is 12.9. The molecule has 0 amide bonds. The largest absolute Gasteiger partial charge is 0.259 e. The molecule has 0 saturated carbocycles. The van der Waals surface area contributed by atoms with Crippen molar-refractivity contribution in [3.8, 4) is 0 Å². The van der Waals surface area contributed by atoms with E-state index in [0.717, 1.165) is 58.2 Å². The van der Waals surface area contributed by atoms with E-state index in [4.69, 9.17) is 16.6 Å². The number of rotatable bonds is 3. The minimum atomic E-state index is -3.18. The van der Waals surface area contributed by atoms with Crippen LogP contribution in [0.15, 0.2) is 33.3 Å². The Labute approximate surface area is 207 Å². The van der Waals surface area contributed by atoms with Crippen molar-refractivity contribution in [2.45, 2.75) is 57.3 Å². The second kappa shape index (κ2) is 9.41. The van der Waals surface area contributed by atoms with E-state index in [-0.39, 0.29) is 11.2 Å². The van der Waals surface area contributed by atoms with Gasteiger partial charge >= 0.3 is 0 Å². The van der Waals surface area contributed by atoms with Crippen LogP contribution in [0.25, 0.3) is 0 Å². The normalized spacial score (nSPS) is 19.2. The van der Waals surface area contributed by atoms with Crippen LogP contribution in [0.2, 0.25) is 5.02 Å². The first-order valence-electron chi connectivity index (χ1n) is 10.9. The summed E-state index contributed by atoms with van der Waals surface area (Å²) in [6.07, 6.45) is 7.70. The van der Waals surface area contributed by atoms with E-state index < -0.39 is 10.0 Å². The molecule has 4 nitrogen and oxygen atoms in total. The van der Waals surface area contributed by atoms with Crippen LogP contribution in [0.1, 0.15) is 61.4 Å². The third-order valence-corrected chi connectivity index (χ3v) is 9.90. The number of benzene rings is 1. The van der Waals surface area contributed by atoms with Gasteiger partial charge in [-0.25, -0.2) is 12.7 Å². The molecular formula is C23H27Br2ClN2O2S. The van der Waals surface area contributed by atoms with Gasteiger partial charge in [-0.3, -0.25) is 4.98 Å². The van der Waals surface area contributed by atoms with Crippen molar-refractivity contribution >= 4 is 53.5 Å². The number of aromatic nitrogens is 1. The summed E-state index contributed by atoms with van der Waals surface area (Å²) in [6, 6.07) is 6.28. The van der Waals surface area contributed by atoms with Crippen LogP contribution in [0.5, 0.6) is 0 Å². The van der Waals surface area contributed by atoms with Gasteiger partial charge in [-0.05, 0) is 95.8 Å². The molecule has 1 aromatic carbocycles. The first-order valence-corrected chi connectivity index (χ1v) is 14.5. The molecule has 1 aliphatic carbocycles. The molecule has 0 unspecified atom stereocenters. The van der Waals surface area contributed by atoms with E-state index in [2.05, 4.69) is 44.0 Å². The average molecular weight is 591 g/mol. The quantitative estimate of drug-likeness (QED) is 0.424. The Hall–Kier alpha value is -0.470. The number of sulfonamides is 1. The minimum Gasteiger partial charge on any atom is -0.259 e. The van der Waals surface area contributed by atoms with Crippen molar-refractivity contribution in [1.29, 1.82) is 0 Å². The van der Waals surface area contributed by atoms with Crippen molar-refractivity contribution in [2.24, 2.45) is 0 Å². The van der Waals surface area contributed by atoms with Crippen LogP contribution < -0.4 is 0 Å². The Morgan fingerprint density at radius 1 is 1.10 bits per heavy atom. The van der Waals surface area contributed by atoms with Crippen LogP contribution in [-0.4, -0.2) is 36.5 Å². The van der Waals surface area contributed by atoms with Gasteiger partial charge < -0.3 is 0 Å². The number of pyridine rings is 1. The smallest absolute Gasteiger partial charge is 0.214 e. The maximum Gasteiger partial charge on any atom is 0.214 e. The summed E-state index contributed by atoms with van der Waals surface area (Å²) in [5.41, 5.74) is 4.72. The minimum absolute atomic E-state index is 0.226. The molecule has 1 saturated heterocycles. The fourth-order valence-corrected chi connectivity index (χ4v) is 8.57. The van der Waals surface area contributed by atoms with Gasteiger partial charge in [0.1, 0.15) is 0 Å². The van der Waals surface area contributed by atoms with Crippen molar-refractivity contribution < 1.29 is 8.42 Å². The molecule has 2 aromatic rings. The molecule has 2 aliphatic rings. The summed E-state index contributed by atoms with van der Waals surface area (Å²) in [5, 5.41) is 0.739. The number of hydrogen-bond donors (Lipinski definition) is 0. The zero-order chi connectivity index (χ0) is 22.2. The topological polar surface area (TPSA) is 50.3 Å². The van der Waals surface area contributed by atoms with E-state index in [0.29, 0.717) is 19.5 Å². The van der Waals surface area contributed by atoms with Crippen LogP contribution >= 0.6 is 43.5 Å². The van der Waals surface area contributed by atoms with Gasteiger partial charge in [-0.15, -0.1) is 0 Å². The highest BCUT2D eigenvalue weighted by atomic mass is 79.9. The van der Waals surface area contributed by atoms with Gasteiger partial charge in [0.05, 0.1) is 11.4 Å². The van der Waals surface area contributed by atoms with Gasteiger partial charge in [0, 0.05) is 38.7 Å². The van der Waals surface area contributed by atoms with Crippen LogP contribution in [-0.2, 0) is 28.3 Å². The summed E-state index contributed by atoms with van der Waals surface area (Å²) < 4.78 is 29.1. The number of halogens is 3. The Kier molecular flexibility index (Phi) is 7.19. The van der Waals surface area contributed by atoms with Crippen molar-refractivity contribution in [3.63, 3.8) is 0 Å². The molecule has 31 heavy (non-hydrogen) atoms. The number of fused-ring (bicyclic) bond motifs is 4. The summed E-state index contributed by atoms with van der Waals surface area (Å²) >= 11 is 13.9. The highest BCUT2D eigenvalue weighted by Crippen LogP contribution is 2.49. The highest BCUT2D eigenvalue weighted by Gasteiger charge is 2.43. The molecule has 1 aliphatic heterocycles. The summed E-state index contributed by atoms with van der Waals surface area (Å²) in [5.74, 6) is 0.226. The zero-order valence-corrected chi connectivity index (χ0v) is 22.4. The predicted molar refractivity (Wildman–Crippen MR) is 133 cm³/mol. The van der Waals surface area contributed by atoms with Gasteiger partial charge in [-0.1, -0.05) is 34.5 Å². The van der Waals surface area contributed by atoms with Gasteiger partial charge in [-0.2, -0.15) is 0 Å². The molecule has 0 bridgehead atoms. The van der Waals surface area contributed by atoms with Crippen LogP contribution in [0, 0.1) is 0 Å². The van der Waals surface area contributed by atoms with Crippen molar-refractivity contribution in [1.82, 2.24) is 9.29 Å². The van der Waals surface area contributed by atoms with Gasteiger partial charge in [0.2, 0.25) is 10.0 Å². The Morgan fingerprint density at radius 3 is 2.45 bits per heavy atom. The maximum atomic E-state index is 12.7. The molecule has 0 atom stereocenters.